The second-order valence-corrected chi connectivity index (χ2v) is 5.55. The molecule has 0 aliphatic heterocycles. The van der Waals surface area contributed by atoms with Crippen molar-refractivity contribution in [1.82, 2.24) is 0 Å². The van der Waals surface area contributed by atoms with Gasteiger partial charge in [0.15, 0.2) is 0 Å². The molecule has 3 nitrogen and oxygen atoms in total. The fraction of sp³-hybridized carbons (Fsp3) is 0.533. The summed E-state index contributed by atoms with van der Waals surface area (Å²) in [6.07, 6.45) is 1.21. The predicted octanol–water partition coefficient (Wildman–Crippen LogP) is 3.09. The lowest BCUT2D eigenvalue weighted by molar-refractivity contribution is 0.441. The number of nitrogens with two attached hydrogens (primary N) is 1. The normalized spacial score (nSPS) is 12.5. The number of nitrogen functional groups attached to an aromatic ring is 1. The van der Waals surface area contributed by atoms with Gasteiger partial charge in [0.05, 0.1) is 0 Å². The van der Waals surface area contributed by atoms with Crippen LogP contribution in [0.15, 0.2) is 24.3 Å². The maximum atomic E-state index is 7.62. The molecule has 0 bridgehead atoms. The van der Waals surface area contributed by atoms with Gasteiger partial charge < -0.3 is 10.6 Å². The molecule has 1 unspecified atom stereocenters. The Kier molecular flexibility index (Phi) is 5.20. The molecule has 1 aromatic rings. The summed E-state index contributed by atoms with van der Waals surface area (Å²) in [5, 5.41) is 7.62. The number of nitrogens with one attached hydrogen (secondary N) is 1. The molecule has 0 amide bonds. The Morgan fingerprint density at radius 3 is 2.44 bits per heavy atom. The third-order valence-electron chi connectivity index (χ3n) is 3.06. The lowest BCUT2D eigenvalue weighted by atomic mass is 9.98. The first-order valence-electron chi connectivity index (χ1n) is 6.56. The number of para-hydroxylation sites is 1. The number of anilines is 1. The largest absolute Gasteiger partial charge is 0.384 e. The second-order valence-electron chi connectivity index (χ2n) is 5.55. The van der Waals surface area contributed by atoms with Gasteiger partial charge in [0.25, 0.3) is 0 Å². The summed E-state index contributed by atoms with van der Waals surface area (Å²) in [6, 6.07) is 7.84. The Balaban J connectivity index is 2.78. The minimum absolute atomic E-state index is 0.133. The standard InChI is InChI=1S/C15H25N3/c1-11(2)9-12(3)10-18(4)14-8-6-5-7-13(14)15(16)17/h5-8,11-12H,9-10H2,1-4H3,(H3,16,17). The topological polar surface area (TPSA) is 53.1 Å². The minimum atomic E-state index is 0.133. The van der Waals surface area contributed by atoms with E-state index in [4.69, 9.17) is 11.1 Å². The third kappa shape index (κ3) is 4.06. The fourth-order valence-corrected chi connectivity index (χ4v) is 2.48. The van der Waals surface area contributed by atoms with Crippen LogP contribution in [0.5, 0.6) is 0 Å². The Labute approximate surface area is 111 Å². The molecule has 0 saturated carbocycles. The highest BCUT2D eigenvalue weighted by molar-refractivity contribution is 6.00. The number of hydrogen-bond acceptors (Lipinski definition) is 2. The Bertz CT molecular complexity index is 398. The van der Waals surface area contributed by atoms with Crippen LogP contribution >= 0.6 is 0 Å². The summed E-state index contributed by atoms with van der Waals surface area (Å²) in [5.74, 6) is 1.49. The van der Waals surface area contributed by atoms with E-state index < -0.39 is 0 Å². The van der Waals surface area contributed by atoms with Gasteiger partial charge in [0.1, 0.15) is 5.84 Å². The van der Waals surface area contributed by atoms with Crippen molar-refractivity contribution in [3.05, 3.63) is 29.8 Å². The van der Waals surface area contributed by atoms with E-state index in [0.717, 1.165) is 23.7 Å². The van der Waals surface area contributed by atoms with Crippen LogP contribution in [-0.2, 0) is 0 Å². The Morgan fingerprint density at radius 2 is 1.89 bits per heavy atom. The number of amidine groups is 1. The van der Waals surface area contributed by atoms with E-state index in [1.807, 2.05) is 24.3 Å². The highest BCUT2D eigenvalue weighted by Gasteiger charge is 2.12. The van der Waals surface area contributed by atoms with E-state index in [-0.39, 0.29) is 5.84 Å². The van der Waals surface area contributed by atoms with Crippen molar-refractivity contribution in [2.75, 3.05) is 18.5 Å². The summed E-state index contributed by atoms with van der Waals surface area (Å²) >= 11 is 0. The summed E-state index contributed by atoms with van der Waals surface area (Å²) in [6.45, 7) is 7.76. The van der Waals surface area contributed by atoms with Crippen molar-refractivity contribution in [3.63, 3.8) is 0 Å². The average Bonchev–Trinajstić information content (AvgIpc) is 2.27. The maximum Gasteiger partial charge on any atom is 0.124 e. The SMILES string of the molecule is CC(C)CC(C)CN(C)c1ccccc1C(=N)N. The van der Waals surface area contributed by atoms with E-state index in [9.17, 15) is 0 Å². The number of nitrogens with zero attached hydrogens (tertiary/aromatic N) is 1. The molecule has 1 aromatic carbocycles. The molecule has 0 aromatic heterocycles. The monoisotopic (exact) mass is 247 g/mol. The van der Waals surface area contributed by atoms with Crippen LogP contribution in [0.3, 0.4) is 0 Å². The van der Waals surface area contributed by atoms with Gasteiger partial charge in [-0.25, -0.2) is 0 Å². The zero-order valence-corrected chi connectivity index (χ0v) is 11.9. The van der Waals surface area contributed by atoms with Gasteiger partial charge in [-0.3, -0.25) is 5.41 Å². The number of rotatable bonds is 6. The third-order valence-corrected chi connectivity index (χ3v) is 3.06. The summed E-state index contributed by atoms with van der Waals surface area (Å²) in [7, 11) is 2.07. The van der Waals surface area contributed by atoms with E-state index in [1.165, 1.54) is 6.42 Å². The summed E-state index contributed by atoms with van der Waals surface area (Å²) in [4.78, 5) is 2.20. The lowest BCUT2D eigenvalue weighted by Crippen LogP contribution is -2.27. The van der Waals surface area contributed by atoms with Crippen molar-refractivity contribution in [3.8, 4) is 0 Å². The van der Waals surface area contributed by atoms with Gasteiger partial charge in [-0.15, -0.1) is 0 Å². The van der Waals surface area contributed by atoms with Crippen molar-refractivity contribution >= 4 is 11.5 Å². The molecule has 18 heavy (non-hydrogen) atoms. The number of benzene rings is 1. The first kappa shape index (κ1) is 14.6. The van der Waals surface area contributed by atoms with Crippen LogP contribution in [0, 0.1) is 17.2 Å². The fourth-order valence-electron chi connectivity index (χ4n) is 2.48. The van der Waals surface area contributed by atoms with Crippen LogP contribution in [-0.4, -0.2) is 19.4 Å². The van der Waals surface area contributed by atoms with Crippen LogP contribution in [0.4, 0.5) is 5.69 Å². The van der Waals surface area contributed by atoms with Crippen LogP contribution in [0.1, 0.15) is 32.8 Å². The van der Waals surface area contributed by atoms with Gasteiger partial charge in [-0.2, -0.15) is 0 Å². The Morgan fingerprint density at radius 1 is 1.28 bits per heavy atom. The van der Waals surface area contributed by atoms with Crippen molar-refractivity contribution in [2.45, 2.75) is 27.2 Å². The smallest absolute Gasteiger partial charge is 0.124 e. The van der Waals surface area contributed by atoms with Gasteiger partial charge in [-0.05, 0) is 30.4 Å². The zero-order chi connectivity index (χ0) is 13.7. The molecule has 0 aliphatic carbocycles. The molecule has 3 N–H and O–H groups in total. The highest BCUT2D eigenvalue weighted by Crippen LogP contribution is 2.21. The van der Waals surface area contributed by atoms with Crippen LogP contribution < -0.4 is 10.6 Å². The van der Waals surface area contributed by atoms with Crippen LogP contribution in [0.25, 0.3) is 0 Å². The highest BCUT2D eigenvalue weighted by atomic mass is 15.1. The molecule has 1 rings (SSSR count). The molecule has 0 spiro atoms. The van der Waals surface area contributed by atoms with Crippen LogP contribution in [0.2, 0.25) is 0 Å². The lowest BCUT2D eigenvalue weighted by Gasteiger charge is -2.26. The molecule has 0 fully saturated rings. The van der Waals surface area contributed by atoms with Crippen molar-refractivity contribution in [2.24, 2.45) is 17.6 Å². The molecular weight excluding hydrogens is 222 g/mol. The maximum absolute atomic E-state index is 7.62. The molecule has 0 aliphatic rings. The van der Waals surface area contributed by atoms with E-state index >= 15 is 0 Å². The molecule has 100 valence electrons. The van der Waals surface area contributed by atoms with Gasteiger partial charge >= 0.3 is 0 Å². The Hall–Kier alpha value is -1.51. The van der Waals surface area contributed by atoms with Crippen molar-refractivity contribution < 1.29 is 0 Å². The van der Waals surface area contributed by atoms with E-state index in [1.54, 1.807) is 0 Å². The summed E-state index contributed by atoms with van der Waals surface area (Å²) in [5.41, 5.74) is 7.48. The first-order valence-corrected chi connectivity index (χ1v) is 6.56. The number of hydrogen-bond donors (Lipinski definition) is 2. The second kappa shape index (κ2) is 6.43. The molecule has 1 atom stereocenters. The zero-order valence-electron chi connectivity index (χ0n) is 11.9. The molecule has 0 saturated heterocycles. The molecule has 3 heteroatoms. The molecular formula is C15H25N3. The molecule has 0 radical (unpaired) electrons. The molecule has 0 heterocycles. The predicted molar refractivity (Wildman–Crippen MR) is 79.3 cm³/mol. The van der Waals surface area contributed by atoms with Crippen molar-refractivity contribution in [1.29, 1.82) is 5.41 Å². The first-order chi connectivity index (χ1) is 8.41. The minimum Gasteiger partial charge on any atom is -0.384 e. The average molecular weight is 247 g/mol. The van der Waals surface area contributed by atoms with Gasteiger partial charge in [0, 0.05) is 24.8 Å². The quantitative estimate of drug-likeness (QED) is 0.599. The van der Waals surface area contributed by atoms with Gasteiger partial charge in [-0.1, -0.05) is 32.9 Å². The van der Waals surface area contributed by atoms with E-state index in [0.29, 0.717) is 5.92 Å². The van der Waals surface area contributed by atoms with Gasteiger partial charge in [0.2, 0.25) is 0 Å². The summed E-state index contributed by atoms with van der Waals surface area (Å²) < 4.78 is 0. The van der Waals surface area contributed by atoms with E-state index in [2.05, 4.69) is 32.7 Å².